The Bertz CT molecular complexity index is 214. The lowest BCUT2D eigenvalue weighted by Gasteiger charge is -2.10. The summed E-state index contributed by atoms with van der Waals surface area (Å²) in [7, 11) is 0.444. The van der Waals surface area contributed by atoms with Gasteiger partial charge in [0.15, 0.2) is 0 Å². The zero-order chi connectivity index (χ0) is 25.9. The fourth-order valence-corrected chi connectivity index (χ4v) is 0.674. The SMILES string of the molecule is C.CCCC.CCCC.CCCC.CCCC.CCCC.CN1C=CN(C)C1.FB(F)F.[F-]. The van der Waals surface area contributed by atoms with Crippen molar-refractivity contribution in [3.8, 4) is 0 Å². The van der Waals surface area contributed by atoms with E-state index < -0.39 is 7.54 Å². The lowest BCUT2D eigenvalue weighted by Crippen LogP contribution is -3.00. The Hall–Kier alpha value is -0.875. The summed E-state index contributed by atoms with van der Waals surface area (Å²) in [5.41, 5.74) is 0. The normalized spacial score (nSPS) is 9.42. The molecule has 210 valence electrons. The summed E-state index contributed by atoms with van der Waals surface area (Å²) in [6, 6.07) is 0. The van der Waals surface area contributed by atoms with E-state index in [9.17, 15) is 12.9 Å². The van der Waals surface area contributed by atoms with Crippen LogP contribution in [0, 0.1) is 0 Å². The zero-order valence-corrected chi connectivity index (χ0v) is 23.9. The zero-order valence-electron chi connectivity index (χ0n) is 23.9. The van der Waals surface area contributed by atoms with Gasteiger partial charge in [0.25, 0.3) is 0 Å². The summed E-state index contributed by atoms with van der Waals surface area (Å²) in [5, 5.41) is 0. The van der Waals surface area contributed by atoms with E-state index in [0.29, 0.717) is 0 Å². The monoisotopic (exact) mass is 492 g/mol. The maximum atomic E-state index is 9.67. The third kappa shape index (κ3) is 153. The van der Waals surface area contributed by atoms with Gasteiger partial charge in [0.2, 0.25) is 0 Å². The van der Waals surface area contributed by atoms with E-state index in [4.69, 9.17) is 0 Å². The summed E-state index contributed by atoms with van der Waals surface area (Å²) < 4.78 is 29.0. The molecule has 0 saturated carbocycles. The number of unbranched alkanes of at least 4 members (excludes halogenated alkanes) is 5. The molecular weight excluding hydrogens is 427 g/mol. The molecule has 0 aromatic carbocycles. The molecule has 0 aromatic heterocycles. The molecule has 1 heterocycles. The van der Waals surface area contributed by atoms with Gasteiger partial charge < -0.3 is 14.5 Å². The minimum atomic E-state index is -3.67. The van der Waals surface area contributed by atoms with Gasteiger partial charge in [0, 0.05) is 26.5 Å². The minimum absolute atomic E-state index is 0. The van der Waals surface area contributed by atoms with Crippen molar-refractivity contribution < 1.29 is 17.7 Å². The van der Waals surface area contributed by atoms with Crippen LogP contribution in [0.5, 0.6) is 0 Å². The van der Waals surface area contributed by atoms with Crippen LogP contribution in [-0.2, 0) is 0 Å². The molecule has 1 aliphatic heterocycles. The summed E-state index contributed by atoms with van der Waals surface area (Å²) in [4.78, 5) is 4.25. The number of hydrogen-bond donors (Lipinski definition) is 0. The van der Waals surface area contributed by atoms with Crippen LogP contribution in [0.15, 0.2) is 12.4 Å². The molecule has 0 unspecified atom stereocenters. The largest absolute Gasteiger partial charge is 1.00 e. The van der Waals surface area contributed by atoms with Crippen molar-refractivity contribution in [2.24, 2.45) is 0 Å². The summed E-state index contributed by atoms with van der Waals surface area (Å²) in [5.74, 6) is 0. The Balaban J connectivity index is -0.0000000371. The van der Waals surface area contributed by atoms with Crippen LogP contribution in [0.2, 0.25) is 0 Å². The molecule has 0 saturated heterocycles. The number of rotatable bonds is 5. The average Bonchev–Trinajstić information content (AvgIpc) is 3.16. The highest BCUT2D eigenvalue weighted by Gasteiger charge is 2.06. The van der Waals surface area contributed by atoms with E-state index in [1.54, 1.807) is 0 Å². The highest BCUT2D eigenvalue weighted by Crippen LogP contribution is 1.97. The van der Waals surface area contributed by atoms with Gasteiger partial charge in [-0.2, -0.15) is 0 Å². The molecule has 0 atom stereocenters. The van der Waals surface area contributed by atoms with Crippen molar-refractivity contribution in [1.82, 2.24) is 9.80 Å². The topological polar surface area (TPSA) is 6.48 Å². The van der Waals surface area contributed by atoms with E-state index in [2.05, 4.69) is 106 Å². The first-order valence-electron chi connectivity index (χ1n) is 12.6. The molecule has 0 fully saturated rings. The molecule has 0 amide bonds. The Morgan fingerprint density at radius 3 is 0.667 bits per heavy atom. The maximum Gasteiger partial charge on any atom is 0.762 e. The highest BCUT2D eigenvalue weighted by atomic mass is 19.4. The summed E-state index contributed by atoms with van der Waals surface area (Å²) in [6.07, 6.45) is 17.3. The quantitative estimate of drug-likeness (QED) is 0.285. The van der Waals surface area contributed by atoms with Gasteiger partial charge in [0.1, 0.15) is 0 Å². The Labute approximate surface area is 209 Å². The van der Waals surface area contributed by atoms with Crippen molar-refractivity contribution in [2.45, 2.75) is 141 Å². The van der Waals surface area contributed by atoms with Gasteiger partial charge in [-0.05, 0) is 0 Å². The lowest BCUT2D eigenvalue weighted by atomic mass is 10.4. The summed E-state index contributed by atoms with van der Waals surface area (Å²) >= 11 is 0. The van der Waals surface area contributed by atoms with E-state index in [0.717, 1.165) is 6.67 Å². The molecule has 0 aliphatic carbocycles. The molecule has 7 heteroatoms. The Morgan fingerprint density at radius 1 is 0.515 bits per heavy atom. The third-order valence-electron chi connectivity index (χ3n) is 3.52. The highest BCUT2D eigenvalue weighted by molar-refractivity contribution is 6.33. The molecule has 0 bridgehead atoms. The first kappa shape index (κ1) is 53.5. The summed E-state index contributed by atoms with van der Waals surface area (Å²) in [6.45, 7) is 22.8. The Kier molecular flexibility index (Phi) is 103. The molecule has 0 N–H and O–H groups in total. The molecule has 0 aromatic rings. The Morgan fingerprint density at radius 2 is 0.636 bits per heavy atom. The van der Waals surface area contributed by atoms with Gasteiger partial charge >= 0.3 is 7.54 Å². The van der Waals surface area contributed by atoms with Gasteiger partial charge in [-0.25, -0.2) is 0 Å². The van der Waals surface area contributed by atoms with E-state index >= 15 is 0 Å². The molecule has 33 heavy (non-hydrogen) atoms. The fraction of sp³-hybridized carbons (Fsp3) is 0.923. The predicted molar refractivity (Wildman–Crippen MR) is 148 cm³/mol. The second kappa shape index (κ2) is 63.3. The standard InChI is InChI=1S/C5H10N2.5C4H10.CH4.BF3.FH/c1-6-3-4-7(2)5-6;5*1-3-4-2;;2-1(3)4;/h3-4H,5H2,1-2H3;5*3-4H2,1-2H3;1H4;;1H/p-1. The van der Waals surface area contributed by atoms with Crippen molar-refractivity contribution in [1.29, 1.82) is 0 Å². The number of halogens is 4. The smallest absolute Gasteiger partial charge is 0.762 e. The number of nitrogens with zero attached hydrogens (tertiary/aromatic N) is 2. The average molecular weight is 492 g/mol. The fourth-order valence-electron chi connectivity index (χ4n) is 0.674. The molecule has 1 aliphatic rings. The molecular formula is C26H64BF4N2-. The van der Waals surface area contributed by atoms with Crippen LogP contribution in [0.25, 0.3) is 0 Å². The van der Waals surface area contributed by atoms with E-state index in [-0.39, 0.29) is 12.1 Å². The second-order valence-corrected chi connectivity index (χ2v) is 7.20. The van der Waals surface area contributed by atoms with Gasteiger partial charge in [0.05, 0.1) is 6.67 Å². The minimum Gasteiger partial charge on any atom is -1.00 e. The van der Waals surface area contributed by atoms with Crippen LogP contribution in [0.1, 0.15) is 141 Å². The maximum absolute atomic E-state index is 9.67. The van der Waals surface area contributed by atoms with Crippen LogP contribution in [0.4, 0.5) is 12.9 Å². The second-order valence-electron chi connectivity index (χ2n) is 7.20. The van der Waals surface area contributed by atoms with Crippen molar-refractivity contribution >= 4 is 7.54 Å². The van der Waals surface area contributed by atoms with Gasteiger partial charge in [-0.3, -0.25) is 12.9 Å². The predicted octanol–water partition coefficient (Wildman–Crippen LogP) is 7.84. The van der Waals surface area contributed by atoms with Gasteiger partial charge in [-0.1, -0.05) is 141 Å². The molecule has 0 spiro atoms. The molecule has 0 radical (unpaired) electrons. The lowest BCUT2D eigenvalue weighted by molar-refractivity contribution is -0.0000107. The third-order valence-corrected chi connectivity index (χ3v) is 3.52. The van der Waals surface area contributed by atoms with Gasteiger partial charge in [-0.15, -0.1) is 0 Å². The molecule has 1 rings (SSSR count). The van der Waals surface area contributed by atoms with E-state index in [1.807, 2.05) is 0 Å². The van der Waals surface area contributed by atoms with Crippen LogP contribution < -0.4 is 4.70 Å². The van der Waals surface area contributed by atoms with Crippen LogP contribution in [0.3, 0.4) is 0 Å². The van der Waals surface area contributed by atoms with Crippen molar-refractivity contribution in [3.63, 3.8) is 0 Å². The van der Waals surface area contributed by atoms with Crippen molar-refractivity contribution in [2.75, 3.05) is 20.8 Å². The number of hydrogen-bond acceptors (Lipinski definition) is 2. The molecule has 2 nitrogen and oxygen atoms in total. The van der Waals surface area contributed by atoms with E-state index in [1.165, 1.54) is 64.2 Å². The van der Waals surface area contributed by atoms with Crippen LogP contribution >= 0.6 is 0 Å². The van der Waals surface area contributed by atoms with Crippen LogP contribution in [-0.4, -0.2) is 38.1 Å². The first-order valence-corrected chi connectivity index (χ1v) is 12.6. The first-order chi connectivity index (χ1) is 14.6. The van der Waals surface area contributed by atoms with Crippen molar-refractivity contribution in [3.05, 3.63) is 12.4 Å².